The number of amides is 1. The molecule has 1 fully saturated rings. The van der Waals surface area contributed by atoms with Crippen LogP contribution < -0.4 is 15.0 Å². The first-order chi connectivity index (χ1) is 13.8. The molecule has 1 N–H and O–H groups in total. The standard InChI is InChI=1S/C22H37N3O4/c1-17-16-19(25-11-14-28-15-12-25)24-18(8-6-13-27-5)20(17)29-21(26)23-10-7-9-22(2,3)4/h16H,6-15H2,1-5H3,(H,23,26). The number of methoxy groups -OCH3 is 1. The highest BCUT2D eigenvalue weighted by molar-refractivity contribution is 5.71. The summed E-state index contributed by atoms with van der Waals surface area (Å²) in [6, 6.07) is 1.99. The first-order valence-corrected chi connectivity index (χ1v) is 10.6. The topological polar surface area (TPSA) is 72.9 Å². The van der Waals surface area contributed by atoms with Crippen molar-refractivity contribution in [3.63, 3.8) is 0 Å². The van der Waals surface area contributed by atoms with Crippen molar-refractivity contribution in [2.24, 2.45) is 5.41 Å². The molecule has 2 rings (SSSR count). The van der Waals surface area contributed by atoms with Gasteiger partial charge in [0.15, 0.2) is 5.75 Å². The largest absolute Gasteiger partial charge is 0.412 e. The van der Waals surface area contributed by atoms with E-state index < -0.39 is 6.09 Å². The fourth-order valence-corrected chi connectivity index (χ4v) is 3.29. The number of ether oxygens (including phenoxy) is 3. The van der Waals surface area contributed by atoms with Crippen molar-refractivity contribution in [1.82, 2.24) is 10.3 Å². The summed E-state index contributed by atoms with van der Waals surface area (Å²) in [5.41, 5.74) is 1.97. The third-order valence-corrected chi connectivity index (χ3v) is 4.88. The van der Waals surface area contributed by atoms with Crippen LogP contribution in [0.15, 0.2) is 6.07 Å². The molecular formula is C22H37N3O4. The van der Waals surface area contributed by atoms with Crippen molar-refractivity contribution in [1.29, 1.82) is 0 Å². The molecule has 1 aromatic rings. The maximum atomic E-state index is 12.3. The number of hydrogen-bond donors (Lipinski definition) is 1. The van der Waals surface area contributed by atoms with E-state index in [-0.39, 0.29) is 5.41 Å². The number of aryl methyl sites for hydroxylation is 2. The molecule has 0 aliphatic carbocycles. The zero-order valence-electron chi connectivity index (χ0n) is 18.7. The lowest BCUT2D eigenvalue weighted by atomic mass is 9.91. The highest BCUT2D eigenvalue weighted by Crippen LogP contribution is 2.28. The lowest BCUT2D eigenvalue weighted by Crippen LogP contribution is -2.37. The van der Waals surface area contributed by atoms with E-state index in [2.05, 4.69) is 31.0 Å². The summed E-state index contributed by atoms with van der Waals surface area (Å²) in [4.78, 5) is 19.4. The van der Waals surface area contributed by atoms with E-state index in [4.69, 9.17) is 19.2 Å². The number of nitrogens with one attached hydrogen (secondary N) is 1. The van der Waals surface area contributed by atoms with Crippen molar-refractivity contribution in [2.45, 2.75) is 53.4 Å². The third kappa shape index (κ3) is 8.19. The monoisotopic (exact) mass is 407 g/mol. The van der Waals surface area contributed by atoms with E-state index in [1.807, 2.05) is 13.0 Å². The molecule has 0 unspecified atom stereocenters. The zero-order valence-corrected chi connectivity index (χ0v) is 18.7. The average molecular weight is 408 g/mol. The highest BCUT2D eigenvalue weighted by Gasteiger charge is 2.19. The summed E-state index contributed by atoms with van der Waals surface area (Å²) >= 11 is 0. The second kappa shape index (κ2) is 11.4. The van der Waals surface area contributed by atoms with E-state index in [9.17, 15) is 4.79 Å². The highest BCUT2D eigenvalue weighted by atomic mass is 16.6. The zero-order chi connectivity index (χ0) is 21.3. The summed E-state index contributed by atoms with van der Waals surface area (Å²) in [5.74, 6) is 1.47. The predicted molar refractivity (Wildman–Crippen MR) is 115 cm³/mol. The Morgan fingerprint density at radius 2 is 2.00 bits per heavy atom. The Morgan fingerprint density at radius 3 is 2.66 bits per heavy atom. The summed E-state index contributed by atoms with van der Waals surface area (Å²) in [6.07, 6.45) is 3.06. The van der Waals surface area contributed by atoms with Gasteiger partial charge in [-0.15, -0.1) is 0 Å². The van der Waals surface area contributed by atoms with Gasteiger partial charge in [-0.2, -0.15) is 0 Å². The van der Waals surface area contributed by atoms with Crippen molar-refractivity contribution in [2.75, 3.05) is 51.5 Å². The molecule has 1 aromatic heterocycles. The first kappa shape index (κ1) is 23.4. The molecule has 7 heteroatoms. The van der Waals surface area contributed by atoms with Gasteiger partial charge in [-0.3, -0.25) is 0 Å². The van der Waals surface area contributed by atoms with Gasteiger partial charge in [0.25, 0.3) is 0 Å². The number of hydrogen-bond acceptors (Lipinski definition) is 6. The minimum Gasteiger partial charge on any atom is -0.408 e. The van der Waals surface area contributed by atoms with Gasteiger partial charge in [-0.05, 0) is 49.7 Å². The van der Waals surface area contributed by atoms with Crippen LogP contribution >= 0.6 is 0 Å². The summed E-state index contributed by atoms with van der Waals surface area (Å²) in [7, 11) is 1.69. The number of carbonyl (C=O) groups excluding carboxylic acids is 1. The van der Waals surface area contributed by atoms with Crippen molar-refractivity contribution >= 4 is 11.9 Å². The molecule has 1 saturated heterocycles. The molecule has 0 saturated carbocycles. The average Bonchev–Trinajstić information content (AvgIpc) is 2.67. The maximum absolute atomic E-state index is 12.3. The Morgan fingerprint density at radius 1 is 1.28 bits per heavy atom. The predicted octanol–water partition coefficient (Wildman–Crippen LogP) is 3.72. The van der Waals surface area contributed by atoms with Crippen molar-refractivity contribution in [3.8, 4) is 5.75 Å². The van der Waals surface area contributed by atoms with Crippen LogP contribution in [0.5, 0.6) is 5.75 Å². The van der Waals surface area contributed by atoms with E-state index in [1.165, 1.54) is 0 Å². The van der Waals surface area contributed by atoms with E-state index >= 15 is 0 Å². The molecule has 1 aliphatic heterocycles. The quantitative estimate of drug-likeness (QED) is 0.629. The first-order valence-electron chi connectivity index (χ1n) is 10.6. The normalized spacial score (nSPS) is 14.7. The summed E-state index contributed by atoms with van der Waals surface area (Å²) < 4.78 is 16.3. The van der Waals surface area contributed by atoms with Gasteiger partial charge in [0.05, 0.1) is 18.9 Å². The van der Waals surface area contributed by atoms with Crippen LogP contribution in [0.2, 0.25) is 0 Å². The fourth-order valence-electron chi connectivity index (χ4n) is 3.29. The van der Waals surface area contributed by atoms with Gasteiger partial charge in [-0.25, -0.2) is 9.78 Å². The van der Waals surface area contributed by atoms with Crippen molar-refractivity contribution in [3.05, 3.63) is 17.3 Å². The Kier molecular flexibility index (Phi) is 9.17. The van der Waals surface area contributed by atoms with Crippen LogP contribution in [0, 0.1) is 12.3 Å². The number of aromatic nitrogens is 1. The molecule has 2 heterocycles. The molecule has 0 spiro atoms. The maximum Gasteiger partial charge on any atom is 0.412 e. The molecule has 0 aromatic carbocycles. The molecule has 7 nitrogen and oxygen atoms in total. The molecule has 164 valence electrons. The van der Waals surface area contributed by atoms with Gasteiger partial charge in [0, 0.05) is 33.4 Å². The number of nitrogens with zero attached hydrogens (tertiary/aromatic N) is 2. The SMILES string of the molecule is COCCCc1nc(N2CCOCC2)cc(C)c1OC(=O)NCCCC(C)(C)C. The van der Waals surface area contributed by atoms with Gasteiger partial charge in [-0.1, -0.05) is 20.8 Å². The second-order valence-corrected chi connectivity index (χ2v) is 8.75. The van der Waals surface area contributed by atoms with Crippen LogP contribution in [-0.4, -0.2) is 57.6 Å². The minimum atomic E-state index is -0.420. The number of anilines is 1. The smallest absolute Gasteiger partial charge is 0.408 e. The third-order valence-electron chi connectivity index (χ3n) is 4.88. The van der Waals surface area contributed by atoms with Crippen LogP contribution in [-0.2, 0) is 15.9 Å². The van der Waals surface area contributed by atoms with Crippen molar-refractivity contribution < 1.29 is 19.0 Å². The van der Waals surface area contributed by atoms with Gasteiger partial charge >= 0.3 is 6.09 Å². The van der Waals surface area contributed by atoms with E-state index in [0.717, 1.165) is 49.4 Å². The molecule has 1 aliphatic rings. The lowest BCUT2D eigenvalue weighted by molar-refractivity contribution is 0.122. The van der Waals surface area contributed by atoms with E-state index in [1.54, 1.807) is 7.11 Å². The van der Waals surface area contributed by atoms with Crippen LogP contribution in [0.3, 0.4) is 0 Å². The Bertz CT molecular complexity index is 652. The van der Waals surface area contributed by atoms with E-state index in [0.29, 0.717) is 38.5 Å². The number of rotatable bonds is 9. The number of pyridine rings is 1. The Hall–Kier alpha value is -1.86. The summed E-state index contributed by atoms with van der Waals surface area (Å²) in [6.45, 7) is 12.8. The summed E-state index contributed by atoms with van der Waals surface area (Å²) in [5, 5.41) is 2.86. The number of carbonyl (C=O) groups is 1. The Labute approximate surface area is 175 Å². The number of morpholine rings is 1. The molecule has 29 heavy (non-hydrogen) atoms. The van der Waals surface area contributed by atoms with Crippen LogP contribution in [0.25, 0.3) is 0 Å². The molecule has 1 amide bonds. The van der Waals surface area contributed by atoms with Crippen LogP contribution in [0.4, 0.5) is 10.6 Å². The van der Waals surface area contributed by atoms with Gasteiger partial charge in [0.1, 0.15) is 5.82 Å². The molecule has 0 radical (unpaired) electrons. The lowest BCUT2D eigenvalue weighted by Gasteiger charge is -2.29. The fraction of sp³-hybridized carbons (Fsp3) is 0.727. The van der Waals surface area contributed by atoms with Gasteiger partial charge in [0.2, 0.25) is 0 Å². The Balaban J connectivity index is 2.06. The second-order valence-electron chi connectivity index (χ2n) is 8.75. The van der Waals surface area contributed by atoms with Crippen LogP contribution in [0.1, 0.15) is 51.3 Å². The molecule has 0 atom stereocenters. The minimum absolute atomic E-state index is 0.260. The van der Waals surface area contributed by atoms with Gasteiger partial charge < -0.3 is 24.4 Å². The molecular weight excluding hydrogens is 370 g/mol. The molecule has 0 bridgehead atoms.